The molecule has 0 amide bonds. The number of benzene rings is 2. The minimum Gasteiger partial charge on any atom is -0.306 e. The summed E-state index contributed by atoms with van der Waals surface area (Å²) in [6, 6.07) is 12.1. The van der Waals surface area contributed by atoms with E-state index in [1.54, 1.807) is 18.2 Å². The zero-order valence-corrected chi connectivity index (χ0v) is 12.0. The maximum atomic E-state index is 12.8. The molecule has 1 nitrogen and oxygen atoms in total. The summed E-state index contributed by atoms with van der Waals surface area (Å²) in [5.41, 5.74) is 1.97. The van der Waals surface area contributed by atoms with Gasteiger partial charge in [0, 0.05) is 12.6 Å². The summed E-state index contributed by atoms with van der Waals surface area (Å²) in [6.07, 6.45) is 0. The van der Waals surface area contributed by atoms with Gasteiger partial charge in [0.25, 0.3) is 0 Å². The summed E-state index contributed by atoms with van der Waals surface area (Å²) < 4.78 is 12.8. The normalized spacial score (nSPS) is 12.4. The average molecular weight is 298 g/mol. The molecule has 100 valence electrons. The average Bonchev–Trinajstić information content (AvgIpc) is 2.41. The van der Waals surface area contributed by atoms with Crippen molar-refractivity contribution in [3.05, 3.63) is 69.5 Å². The first kappa shape index (κ1) is 14.3. The van der Waals surface area contributed by atoms with Crippen LogP contribution in [0.15, 0.2) is 42.5 Å². The summed E-state index contributed by atoms with van der Waals surface area (Å²) in [5, 5.41) is 4.46. The van der Waals surface area contributed by atoms with Gasteiger partial charge in [-0.25, -0.2) is 4.39 Å². The molecule has 0 unspecified atom stereocenters. The third-order valence-electron chi connectivity index (χ3n) is 3.00. The summed E-state index contributed by atoms with van der Waals surface area (Å²) in [4.78, 5) is 0. The predicted molar refractivity (Wildman–Crippen MR) is 78.1 cm³/mol. The third kappa shape index (κ3) is 3.69. The summed E-state index contributed by atoms with van der Waals surface area (Å²) in [7, 11) is 0. The van der Waals surface area contributed by atoms with Gasteiger partial charge in [-0.15, -0.1) is 0 Å². The van der Waals surface area contributed by atoms with Gasteiger partial charge in [0.2, 0.25) is 0 Å². The molecule has 0 saturated carbocycles. The van der Waals surface area contributed by atoms with Gasteiger partial charge in [-0.3, -0.25) is 0 Å². The summed E-state index contributed by atoms with van der Waals surface area (Å²) in [6.45, 7) is 2.63. The molecule has 0 bridgehead atoms. The SMILES string of the molecule is C[C@@H](NCc1cccc(Cl)c1Cl)c1ccc(F)cc1. The number of hydrogen-bond donors (Lipinski definition) is 1. The fraction of sp³-hybridized carbons (Fsp3) is 0.200. The first-order valence-corrected chi connectivity index (χ1v) is 6.75. The second-order valence-corrected chi connectivity index (χ2v) is 5.15. The predicted octanol–water partition coefficient (Wildman–Crippen LogP) is 4.98. The van der Waals surface area contributed by atoms with Gasteiger partial charge in [-0.2, -0.15) is 0 Å². The van der Waals surface area contributed by atoms with Crippen molar-refractivity contribution in [2.45, 2.75) is 19.5 Å². The molecular weight excluding hydrogens is 284 g/mol. The van der Waals surface area contributed by atoms with Crippen LogP contribution in [0.5, 0.6) is 0 Å². The highest BCUT2D eigenvalue weighted by molar-refractivity contribution is 6.42. The van der Waals surface area contributed by atoms with Gasteiger partial charge in [-0.1, -0.05) is 47.5 Å². The van der Waals surface area contributed by atoms with Crippen LogP contribution in [0, 0.1) is 5.82 Å². The van der Waals surface area contributed by atoms with Crippen LogP contribution in [0.25, 0.3) is 0 Å². The number of rotatable bonds is 4. The molecule has 1 N–H and O–H groups in total. The van der Waals surface area contributed by atoms with Crippen LogP contribution in [0.2, 0.25) is 10.0 Å². The lowest BCUT2D eigenvalue weighted by atomic mass is 10.1. The van der Waals surface area contributed by atoms with Crippen molar-refractivity contribution in [3.8, 4) is 0 Å². The Hall–Kier alpha value is -1.09. The van der Waals surface area contributed by atoms with Crippen molar-refractivity contribution < 1.29 is 4.39 Å². The lowest BCUT2D eigenvalue weighted by Crippen LogP contribution is -2.18. The Morgan fingerprint density at radius 2 is 1.79 bits per heavy atom. The molecule has 0 saturated heterocycles. The van der Waals surface area contributed by atoms with E-state index in [1.807, 2.05) is 19.1 Å². The molecular formula is C15H14Cl2FN. The van der Waals surface area contributed by atoms with Gasteiger partial charge in [0.15, 0.2) is 0 Å². The minimum absolute atomic E-state index is 0.107. The van der Waals surface area contributed by atoms with E-state index in [9.17, 15) is 4.39 Å². The summed E-state index contributed by atoms with van der Waals surface area (Å²) >= 11 is 12.1. The second kappa shape index (κ2) is 6.38. The Kier molecular flexibility index (Phi) is 4.81. The van der Waals surface area contributed by atoms with Gasteiger partial charge in [0.1, 0.15) is 5.82 Å². The van der Waals surface area contributed by atoms with Crippen LogP contribution in [-0.4, -0.2) is 0 Å². The molecule has 0 aliphatic rings. The molecule has 0 heterocycles. The van der Waals surface area contributed by atoms with Crippen molar-refractivity contribution in [2.75, 3.05) is 0 Å². The molecule has 1 atom stereocenters. The number of nitrogens with one attached hydrogen (secondary N) is 1. The highest BCUT2D eigenvalue weighted by Gasteiger charge is 2.08. The van der Waals surface area contributed by atoms with Crippen LogP contribution in [-0.2, 0) is 6.54 Å². The Labute approximate surface area is 122 Å². The molecule has 0 fully saturated rings. The molecule has 0 aromatic heterocycles. The zero-order chi connectivity index (χ0) is 13.8. The lowest BCUT2D eigenvalue weighted by Gasteiger charge is -2.15. The molecule has 4 heteroatoms. The fourth-order valence-corrected chi connectivity index (χ4v) is 2.20. The topological polar surface area (TPSA) is 12.0 Å². The molecule has 0 aliphatic carbocycles. The molecule has 2 aromatic rings. The monoisotopic (exact) mass is 297 g/mol. The quantitative estimate of drug-likeness (QED) is 0.839. The van der Waals surface area contributed by atoms with Gasteiger partial charge < -0.3 is 5.32 Å². The largest absolute Gasteiger partial charge is 0.306 e. The van der Waals surface area contributed by atoms with Gasteiger partial charge in [-0.05, 0) is 36.2 Å². The standard InChI is InChI=1S/C15H14Cl2FN/c1-10(11-5-7-13(18)8-6-11)19-9-12-3-2-4-14(16)15(12)17/h2-8,10,19H,9H2,1H3/t10-/m1/s1. The molecule has 2 aromatic carbocycles. The highest BCUT2D eigenvalue weighted by atomic mass is 35.5. The van der Waals surface area contributed by atoms with Crippen molar-refractivity contribution in [1.29, 1.82) is 0 Å². The number of hydrogen-bond acceptors (Lipinski definition) is 1. The Bertz CT molecular complexity index is 555. The molecule has 0 radical (unpaired) electrons. The smallest absolute Gasteiger partial charge is 0.123 e. The first-order valence-electron chi connectivity index (χ1n) is 5.99. The molecule has 19 heavy (non-hydrogen) atoms. The van der Waals surface area contributed by atoms with Crippen molar-refractivity contribution in [1.82, 2.24) is 5.32 Å². The van der Waals surface area contributed by atoms with Crippen LogP contribution < -0.4 is 5.32 Å². The highest BCUT2D eigenvalue weighted by Crippen LogP contribution is 2.26. The minimum atomic E-state index is -0.228. The maximum Gasteiger partial charge on any atom is 0.123 e. The van der Waals surface area contributed by atoms with Gasteiger partial charge in [0.05, 0.1) is 10.0 Å². The fourth-order valence-electron chi connectivity index (χ4n) is 1.82. The van der Waals surface area contributed by atoms with Crippen LogP contribution in [0.4, 0.5) is 4.39 Å². The van der Waals surface area contributed by atoms with E-state index >= 15 is 0 Å². The molecule has 0 spiro atoms. The van der Waals surface area contributed by atoms with E-state index in [0.29, 0.717) is 16.6 Å². The Morgan fingerprint density at radius 3 is 2.47 bits per heavy atom. The summed E-state index contributed by atoms with van der Waals surface area (Å²) in [5.74, 6) is -0.228. The van der Waals surface area contributed by atoms with E-state index in [0.717, 1.165) is 11.1 Å². The van der Waals surface area contributed by atoms with E-state index in [2.05, 4.69) is 5.32 Å². The Balaban J connectivity index is 2.02. The van der Waals surface area contributed by atoms with Crippen molar-refractivity contribution in [2.24, 2.45) is 0 Å². The van der Waals surface area contributed by atoms with Crippen molar-refractivity contribution in [3.63, 3.8) is 0 Å². The lowest BCUT2D eigenvalue weighted by molar-refractivity contribution is 0.571. The maximum absolute atomic E-state index is 12.8. The second-order valence-electron chi connectivity index (χ2n) is 4.37. The third-order valence-corrected chi connectivity index (χ3v) is 3.86. The molecule has 2 rings (SSSR count). The Morgan fingerprint density at radius 1 is 1.11 bits per heavy atom. The molecule has 0 aliphatic heterocycles. The van der Waals surface area contributed by atoms with E-state index < -0.39 is 0 Å². The van der Waals surface area contributed by atoms with Crippen LogP contribution in [0.1, 0.15) is 24.1 Å². The van der Waals surface area contributed by atoms with E-state index in [1.165, 1.54) is 12.1 Å². The number of halogens is 3. The zero-order valence-electron chi connectivity index (χ0n) is 10.5. The van der Waals surface area contributed by atoms with Crippen LogP contribution in [0.3, 0.4) is 0 Å². The van der Waals surface area contributed by atoms with Crippen molar-refractivity contribution >= 4 is 23.2 Å². The van der Waals surface area contributed by atoms with Gasteiger partial charge >= 0.3 is 0 Å². The van der Waals surface area contributed by atoms with E-state index in [4.69, 9.17) is 23.2 Å². The van der Waals surface area contributed by atoms with E-state index in [-0.39, 0.29) is 11.9 Å². The first-order chi connectivity index (χ1) is 9.08. The van der Waals surface area contributed by atoms with Crippen LogP contribution >= 0.6 is 23.2 Å².